The second kappa shape index (κ2) is 5.61. The SMILES string of the molecule is Cc1cccc(NC2CC(c3ccccc3Br)C2)c1C. The summed E-state index contributed by atoms with van der Waals surface area (Å²) in [7, 11) is 0. The Morgan fingerprint density at radius 2 is 1.75 bits per heavy atom. The van der Waals surface area contributed by atoms with Crippen LogP contribution in [0.4, 0.5) is 5.69 Å². The molecule has 0 unspecified atom stereocenters. The number of aryl methyl sites for hydroxylation is 1. The molecule has 0 bridgehead atoms. The smallest absolute Gasteiger partial charge is 0.0374 e. The zero-order valence-corrected chi connectivity index (χ0v) is 13.6. The van der Waals surface area contributed by atoms with Gasteiger partial charge in [-0.2, -0.15) is 0 Å². The van der Waals surface area contributed by atoms with Crippen molar-refractivity contribution in [2.45, 2.75) is 38.6 Å². The average molecular weight is 330 g/mol. The highest BCUT2D eigenvalue weighted by Gasteiger charge is 2.31. The average Bonchev–Trinajstić information content (AvgIpc) is 2.39. The molecule has 0 radical (unpaired) electrons. The van der Waals surface area contributed by atoms with Gasteiger partial charge in [0.2, 0.25) is 0 Å². The summed E-state index contributed by atoms with van der Waals surface area (Å²) in [6, 6.07) is 15.7. The molecular weight excluding hydrogens is 310 g/mol. The van der Waals surface area contributed by atoms with Gasteiger partial charge in [0.05, 0.1) is 0 Å². The molecular formula is C18H20BrN. The van der Waals surface area contributed by atoms with E-state index >= 15 is 0 Å². The lowest BCUT2D eigenvalue weighted by atomic mass is 9.75. The molecule has 3 rings (SSSR count). The van der Waals surface area contributed by atoms with Crippen LogP contribution in [0.15, 0.2) is 46.9 Å². The van der Waals surface area contributed by atoms with Crippen LogP contribution in [0.3, 0.4) is 0 Å². The summed E-state index contributed by atoms with van der Waals surface area (Å²) in [5.41, 5.74) is 5.47. The minimum Gasteiger partial charge on any atom is -0.382 e. The monoisotopic (exact) mass is 329 g/mol. The van der Waals surface area contributed by atoms with E-state index in [-0.39, 0.29) is 0 Å². The molecule has 2 aromatic carbocycles. The quantitative estimate of drug-likeness (QED) is 0.792. The van der Waals surface area contributed by atoms with Crippen LogP contribution in [-0.4, -0.2) is 6.04 Å². The largest absolute Gasteiger partial charge is 0.382 e. The third-order valence-electron chi connectivity index (χ3n) is 4.45. The molecule has 1 nitrogen and oxygen atoms in total. The van der Waals surface area contributed by atoms with Crippen molar-refractivity contribution in [3.8, 4) is 0 Å². The maximum atomic E-state index is 3.69. The second-order valence-corrected chi connectivity index (χ2v) is 6.63. The first-order valence-corrected chi connectivity index (χ1v) is 8.01. The molecule has 1 saturated carbocycles. The van der Waals surface area contributed by atoms with Crippen molar-refractivity contribution < 1.29 is 0 Å². The van der Waals surface area contributed by atoms with Crippen LogP contribution in [-0.2, 0) is 0 Å². The second-order valence-electron chi connectivity index (χ2n) is 5.78. The molecule has 0 amide bonds. The Bertz CT molecular complexity index is 615. The first-order chi connectivity index (χ1) is 9.65. The molecule has 1 N–H and O–H groups in total. The number of rotatable bonds is 3. The maximum absolute atomic E-state index is 3.69. The molecule has 2 heteroatoms. The molecule has 0 aromatic heterocycles. The number of hydrogen-bond donors (Lipinski definition) is 1. The summed E-state index contributed by atoms with van der Waals surface area (Å²) in [4.78, 5) is 0. The van der Waals surface area contributed by atoms with Crippen LogP contribution in [0.2, 0.25) is 0 Å². The highest BCUT2D eigenvalue weighted by atomic mass is 79.9. The highest BCUT2D eigenvalue weighted by Crippen LogP contribution is 2.41. The van der Waals surface area contributed by atoms with Crippen molar-refractivity contribution >= 4 is 21.6 Å². The summed E-state index contributed by atoms with van der Waals surface area (Å²) in [6.07, 6.45) is 2.44. The van der Waals surface area contributed by atoms with Crippen LogP contribution >= 0.6 is 15.9 Å². The van der Waals surface area contributed by atoms with Gasteiger partial charge in [-0.05, 0) is 61.4 Å². The third-order valence-corrected chi connectivity index (χ3v) is 5.17. The molecule has 0 spiro atoms. The van der Waals surface area contributed by atoms with Gasteiger partial charge in [-0.25, -0.2) is 0 Å². The first-order valence-electron chi connectivity index (χ1n) is 7.22. The van der Waals surface area contributed by atoms with Gasteiger partial charge < -0.3 is 5.32 Å². The molecule has 0 saturated heterocycles. The fourth-order valence-corrected chi connectivity index (χ4v) is 3.53. The van der Waals surface area contributed by atoms with Gasteiger partial charge >= 0.3 is 0 Å². The van der Waals surface area contributed by atoms with Gasteiger partial charge in [-0.1, -0.05) is 46.3 Å². The van der Waals surface area contributed by atoms with Crippen molar-refractivity contribution in [2.75, 3.05) is 5.32 Å². The first kappa shape index (κ1) is 13.7. The summed E-state index contributed by atoms with van der Waals surface area (Å²) in [6.45, 7) is 4.37. The lowest BCUT2D eigenvalue weighted by Crippen LogP contribution is -2.34. The van der Waals surface area contributed by atoms with Gasteiger partial charge in [0.1, 0.15) is 0 Å². The standard InChI is InChI=1S/C18H20BrN/c1-12-6-5-9-18(13(12)2)20-15-10-14(11-15)16-7-3-4-8-17(16)19/h3-9,14-15,20H,10-11H2,1-2H3. The van der Waals surface area contributed by atoms with E-state index in [1.54, 1.807) is 0 Å². The van der Waals surface area contributed by atoms with Crippen molar-refractivity contribution in [2.24, 2.45) is 0 Å². The number of nitrogens with one attached hydrogen (secondary N) is 1. The Hall–Kier alpha value is -1.28. The number of benzene rings is 2. The molecule has 104 valence electrons. The normalized spacial score (nSPS) is 21.4. The Labute approximate surface area is 129 Å². The topological polar surface area (TPSA) is 12.0 Å². The molecule has 0 heterocycles. The van der Waals surface area contributed by atoms with Crippen LogP contribution in [0.1, 0.15) is 35.4 Å². The van der Waals surface area contributed by atoms with E-state index in [0.29, 0.717) is 12.0 Å². The minimum atomic E-state index is 0.604. The molecule has 0 aliphatic heterocycles. The van der Waals surface area contributed by atoms with Gasteiger partial charge in [-0.15, -0.1) is 0 Å². The molecule has 1 aliphatic rings. The van der Waals surface area contributed by atoms with Crippen molar-refractivity contribution in [3.05, 3.63) is 63.6 Å². The zero-order valence-electron chi connectivity index (χ0n) is 12.0. The van der Waals surface area contributed by atoms with Gasteiger partial charge in [0.15, 0.2) is 0 Å². The zero-order chi connectivity index (χ0) is 14.1. The predicted octanol–water partition coefficient (Wildman–Crippen LogP) is 5.42. The summed E-state index contributed by atoms with van der Waals surface area (Å²) < 4.78 is 1.25. The van der Waals surface area contributed by atoms with Crippen molar-refractivity contribution in [3.63, 3.8) is 0 Å². The molecule has 20 heavy (non-hydrogen) atoms. The van der Waals surface area contributed by atoms with Crippen LogP contribution in [0, 0.1) is 13.8 Å². The summed E-state index contributed by atoms with van der Waals surface area (Å²) >= 11 is 3.66. The Balaban J connectivity index is 1.64. The minimum absolute atomic E-state index is 0.604. The third kappa shape index (κ3) is 2.62. The van der Waals surface area contributed by atoms with Crippen molar-refractivity contribution in [1.29, 1.82) is 0 Å². The summed E-state index contributed by atoms with van der Waals surface area (Å²) in [5, 5.41) is 3.69. The van der Waals surface area contributed by atoms with Gasteiger partial charge in [0, 0.05) is 16.2 Å². The van der Waals surface area contributed by atoms with E-state index in [0.717, 1.165) is 0 Å². The van der Waals surface area contributed by atoms with E-state index in [1.165, 1.54) is 39.7 Å². The molecule has 2 aromatic rings. The fourth-order valence-electron chi connectivity index (χ4n) is 2.92. The number of anilines is 1. The van der Waals surface area contributed by atoms with Gasteiger partial charge in [-0.3, -0.25) is 0 Å². The van der Waals surface area contributed by atoms with Gasteiger partial charge in [0.25, 0.3) is 0 Å². The lowest BCUT2D eigenvalue weighted by Gasteiger charge is -2.37. The molecule has 0 atom stereocenters. The number of hydrogen-bond acceptors (Lipinski definition) is 1. The van der Waals surface area contributed by atoms with E-state index in [2.05, 4.69) is 77.6 Å². The van der Waals surface area contributed by atoms with E-state index in [9.17, 15) is 0 Å². The predicted molar refractivity (Wildman–Crippen MR) is 89.4 cm³/mol. The maximum Gasteiger partial charge on any atom is 0.0374 e. The molecule has 1 aliphatic carbocycles. The molecule has 1 fully saturated rings. The van der Waals surface area contributed by atoms with Crippen LogP contribution in [0.25, 0.3) is 0 Å². The number of halogens is 1. The van der Waals surface area contributed by atoms with Crippen LogP contribution in [0.5, 0.6) is 0 Å². The summed E-state index contributed by atoms with van der Waals surface area (Å²) in [5.74, 6) is 0.688. The Morgan fingerprint density at radius 1 is 1.00 bits per heavy atom. The van der Waals surface area contributed by atoms with Crippen LogP contribution < -0.4 is 5.32 Å². The highest BCUT2D eigenvalue weighted by molar-refractivity contribution is 9.10. The van der Waals surface area contributed by atoms with E-state index in [4.69, 9.17) is 0 Å². The fraction of sp³-hybridized carbons (Fsp3) is 0.333. The Morgan fingerprint density at radius 3 is 2.50 bits per heavy atom. The van der Waals surface area contributed by atoms with E-state index < -0.39 is 0 Å². The van der Waals surface area contributed by atoms with E-state index in [1.807, 2.05) is 0 Å². The Kier molecular flexibility index (Phi) is 3.84. The lowest BCUT2D eigenvalue weighted by molar-refractivity contribution is 0.373. The van der Waals surface area contributed by atoms with Crippen molar-refractivity contribution in [1.82, 2.24) is 0 Å².